The van der Waals surface area contributed by atoms with Crippen molar-refractivity contribution in [3.63, 3.8) is 0 Å². The molecular weight excluding hydrogens is 348 g/mol. The van der Waals surface area contributed by atoms with Gasteiger partial charge in [-0.05, 0) is 61.9 Å². The van der Waals surface area contributed by atoms with Crippen molar-refractivity contribution in [1.82, 2.24) is 9.88 Å². The highest BCUT2D eigenvalue weighted by Crippen LogP contribution is 2.43. The third-order valence-corrected chi connectivity index (χ3v) is 6.69. The summed E-state index contributed by atoms with van der Waals surface area (Å²) in [5.74, 6) is 0.142. The van der Waals surface area contributed by atoms with Gasteiger partial charge in [-0.2, -0.15) is 0 Å². The van der Waals surface area contributed by atoms with Gasteiger partial charge in [-0.25, -0.2) is 0 Å². The Labute approximate surface area is 165 Å². The number of nitrogens with one attached hydrogen (secondary N) is 1. The summed E-state index contributed by atoms with van der Waals surface area (Å²) in [4.78, 5) is 18.7. The third-order valence-electron chi connectivity index (χ3n) is 6.69. The quantitative estimate of drug-likeness (QED) is 0.682. The Morgan fingerprint density at radius 3 is 2.68 bits per heavy atom. The first kappa shape index (κ1) is 17.5. The number of benzene rings is 2. The summed E-state index contributed by atoms with van der Waals surface area (Å²) in [5.41, 5.74) is 6.61. The molecule has 0 aliphatic carbocycles. The number of amides is 1. The van der Waals surface area contributed by atoms with Gasteiger partial charge in [0.1, 0.15) is 5.60 Å². The molecule has 1 spiro atoms. The van der Waals surface area contributed by atoms with Gasteiger partial charge in [0.15, 0.2) is 0 Å². The number of fused-ring (bicyclic) bond motifs is 4. The van der Waals surface area contributed by atoms with Crippen LogP contribution in [0.15, 0.2) is 42.5 Å². The largest absolute Gasteiger partial charge is 0.368 e. The van der Waals surface area contributed by atoms with E-state index in [2.05, 4.69) is 42.2 Å². The molecule has 4 heteroatoms. The van der Waals surface area contributed by atoms with Crippen LogP contribution in [0.2, 0.25) is 0 Å². The first-order valence-electron chi connectivity index (χ1n) is 10.2. The average Bonchev–Trinajstić information content (AvgIpc) is 3.11. The smallest absolute Gasteiger partial charge is 0.254 e. The van der Waals surface area contributed by atoms with Gasteiger partial charge in [0, 0.05) is 29.6 Å². The van der Waals surface area contributed by atoms with Crippen molar-refractivity contribution in [3.05, 3.63) is 70.4 Å². The highest BCUT2D eigenvalue weighted by atomic mass is 16.5. The van der Waals surface area contributed by atoms with Crippen LogP contribution in [0.4, 0.5) is 0 Å². The first-order chi connectivity index (χ1) is 13.6. The van der Waals surface area contributed by atoms with E-state index in [1.807, 2.05) is 24.0 Å². The number of hydrogen-bond acceptors (Lipinski definition) is 2. The minimum atomic E-state index is -0.287. The summed E-state index contributed by atoms with van der Waals surface area (Å²) in [5, 5.41) is 1.31. The van der Waals surface area contributed by atoms with Gasteiger partial charge >= 0.3 is 0 Å². The summed E-state index contributed by atoms with van der Waals surface area (Å²) in [6, 6.07) is 14.5. The van der Waals surface area contributed by atoms with Crippen LogP contribution in [0.1, 0.15) is 45.6 Å². The Bertz CT molecular complexity index is 1060. The zero-order chi connectivity index (χ0) is 19.3. The Morgan fingerprint density at radius 1 is 1.07 bits per heavy atom. The number of ether oxygens (including phenoxy) is 1. The number of aryl methyl sites for hydroxylation is 1. The summed E-state index contributed by atoms with van der Waals surface area (Å²) >= 11 is 0. The number of H-pyrrole nitrogens is 1. The third kappa shape index (κ3) is 2.59. The minimum absolute atomic E-state index is 0.142. The molecule has 0 bridgehead atoms. The molecule has 2 aliphatic rings. The molecule has 2 aliphatic heterocycles. The van der Waals surface area contributed by atoms with E-state index in [0.717, 1.165) is 55.6 Å². The van der Waals surface area contributed by atoms with Gasteiger partial charge < -0.3 is 14.6 Å². The molecule has 4 nitrogen and oxygen atoms in total. The number of piperidine rings is 1. The number of hydrogen-bond donors (Lipinski definition) is 1. The molecule has 1 N–H and O–H groups in total. The van der Waals surface area contributed by atoms with Crippen molar-refractivity contribution < 1.29 is 9.53 Å². The molecule has 1 amide bonds. The first-order valence-corrected chi connectivity index (χ1v) is 10.2. The van der Waals surface area contributed by atoms with Crippen LogP contribution in [0.25, 0.3) is 10.9 Å². The average molecular weight is 374 g/mol. The Balaban J connectivity index is 1.42. The number of carbonyl (C=O) groups is 1. The minimum Gasteiger partial charge on any atom is -0.368 e. The number of para-hydroxylation sites is 1. The summed E-state index contributed by atoms with van der Waals surface area (Å²) < 4.78 is 6.37. The molecule has 0 saturated carbocycles. The maximum Gasteiger partial charge on any atom is 0.254 e. The number of nitrogens with zero attached hydrogens (tertiary/aromatic N) is 1. The van der Waals surface area contributed by atoms with E-state index in [1.54, 1.807) is 0 Å². The lowest BCUT2D eigenvalue weighted by Gasteiger charge is -2.44. The van der Waals surface area contributed by atoms with Gasteiger partial charge in [0.2, 0.25) is 0 Å². The topological polar surface area (TPSA) is 45.3 Å². The van der Waals surface area contributed by atoms with Crippen LogP contribution < -0.4 is 0 Å². The fraction of sp³-hybridized carbons (Fsp3) is 0.375. The predicted octanol–water partition coefficient (Wildman–Crippen LogP) is 4.49. The van der Waals surface area contributed by atoms with Crippen LogP contribution in [-0.4, -0.2) is 35.5 Å². The van der Waals surface area contributed by atoms with Gasteiger partial charge in [-0.3, -0.25) is 4.79 Å². The molecule has 0 unspecified atom stereocenters. The Hall–Kier alpha value is -2.59. The number of carbonyl (C=O) groups excluding carboxylic acids is 1. The van der Waals surface area contributed by atoms with Gasteiger partial charge in [0.25, 0.3) is 5.91 Å². The van der Waals surface area contributed by atoms with Crippen LogP contribution in [0, 0.1) is 13.8 Å². The molecule has 1 saturated heterocycles. The monoisotopic (exact) mass is 374 g/mol. The highest BCUT2D eigenvalue weighted by molar-refractivity contribution is 5.96. The summed E-state index contributed by atoms with van der Waals surface area (Å²) in [6.07, 6.45) is 2.62. The van der Waals surface area contributed by atoms with E-state index >= 15 is 0 Å². The van der Waals surface area contributed by atoms with Crippen molar-refractivity contribution in [3.8, 4) is 0 Å². The lowest BCUT2D eigenvalue weighted by molar-refractivity contribution is -0.0957. The van der Waals surface area contributed by atoms with Crippen molar-refractivity contribution in [2.75, 3.05) is 19.7 Å². The fourth-order valence-corrected chi connectivity index (χ4v) is 4.89. The van der Waals surface area contributed by atoms with Crippen molar-refractivity contribution in [1.29, 1.82) is 0 Å². The Kier molecular flexibility index (Phi) is 4.06. The molecule has 0 atom stereocenters. The molecule has 1 fully saturated rings. The van der Waals surface area contributed by atoms with Gasteiger partial charge in [-0.15, -0.1) is 0 Å². The van der Waals surface area contributed by atoms with E-state index in [0.29, 0.717) is 0 Å². The summed E-state index contributed by atoms with van der Waals surface area (Å²) in [6.45, 7) is 6.29. The zero-order valence-electron chi connectivity index (χ0n) is 16.5. The molecule has 1 aromatic heterocycles. The number of aromatic amines is 1. The van der Waals surface area contributed by atoms with E-state index in [9.17, 15) is 4.79 Å². The van der Waals surface area contributed by atoms with E-state index in [1.165, 1.54) is 22.2 Å². The van der Waals surface area contributed by atoms with Gasteiger partial charge in [0.05, 0.1) is 12.3 Å². The highest BCUT2D eigenvalue weighted by Gasteiger charge is 2.43. The second-order valence-electron chi connectivity index (χ2n) is 8.16. The molecular formula is C24H26N2O2. The maximum absolute atomic E-state index is 13.1. The second kappa shape index (κ2) is 6.49. The normalized spacial score (nSPS) is 18.4. The predicted molar refractivity (Wildman–Crippen MR) is 111 cm³/mol. The molecule has 2 aromatic carbocycles. The lowest BCUT2D eigenvalue weighted by atomic mass is 9.83. The SMILES string of the molecule is Cc1cccc(C(=O)N2CCC3(CC2)OCCc2c3[nH]c3ccccc23)c1C. The maximum atomic E-state index is 13.1. The van der Waals surface area contributed by atoms with E-state index < -0.39 is 0 Å². The molecule has 3 heterocycles. The van der Waals surface area contributed by atoms with Crippen molar-refractivity contribution in [2.45, 2.75) is 38.7 Å². The molecule has 3 aromatic rings. The molecule has 5 rings (SSSR count). The van der Waals surface area contributed by atoms with Crippen LogP contribution >= 0.6 is 0 Å². The molecule has 144 valence electrons. The number of aromatic nitrogens is 1. The van der Waals surface area contributed by atoms with Crippen LogP contribution in [0.5, 0.6) is 0 Å². The van der Waals surface area contributed by atoms with E-state index in [-0.39, 0.29) is 11.5 Å². The molecule has 28 heavy (non-hydrogen) atoms. The zero-order valence-corrected chi connectivity index (χ0v) is 16.5. The fourth-order valence-electron chi connectivity index (χ4n) is 4.89. The second-order valence-corrected chi connectivity index (χ2v) is 8.16. The van der Waals surface area contributed by atoms with Crippen LogP contribution in [-0.2, 0) is 16.8 Å². The summed E-state index contributed by atoms with van der Waals surface area (Å²) in [7, 11) is 0. The lowest BCUT2D eigenvalue weighted by Crippen LogP contribution is -2.48. The van der Waals surface area contributed by atoms with Crippen LogP contribution in [0.3, 0.4) is 0 Å². The van der Waals surface area contributed by atoms with E-state index in [4.69, 9.17) is 4.74 Å². The number of likely N-dealkylation sites (tertiary alicyclic amines) is 1. The number of rotatable bonds is 1. The van der Waals surface area contributed by atoms with Crippen molar-refractivity contribution >= 4 is 16.8 Å². The van der Waals surface area contributed by atoms with Gasteiger partial charge in [-0.1, -0.05) is 30.3 Å². The Morgan fingerprint density at radius 2 is 1.86 bits per heavy atom. The standard InChI is InChI=1S/C24H26N2O2/c1-16-6-5-8-18(17(16)2)23(27)26-13-11-24(12-14-26)22-20(10-15-28-24)19-7-3-4-9-21(19)25-22/h3-9,25H,10-15H2,1-2H3. The molecule has 0 radical (unpaired) electrons. The van der Waals surface area contributed by atoms with Crippen molar-refractivity contribution in [2.24, 2.45) is 0 Å².